The van der Waals surface area contributed by atoms with Crippen LogP contribution in [0.5, 0.6) is 0 Å². The van der Waals surface area contributed by atoms with E-state index in [4.69, 9.17) is 28.3 Å². The van der Waals surface area contributed by atoms with Crippen molar-refractivity contribution >= 4 is 44.9 Å². The monoisotopic (exact) mass is 367 g/mol. The standard InChI is InChI=1S/C13H15Cl2NO5S/c1-2-22(20,21)7-12(17)16-11(13(18)19)5-8-3-9(14)6-10(15)4-8/h3-4,6,11H,2,5,7H2,1H3,(H,16,17)(H,18,19). The van der Waals surface area contributed by atoms with Gasteiger partial charge in [-0.3, -0.25) is 4.79 Å². The Bertz CT molecular complexity index is 655. The third kappa shape index (κ3) is 6.21. The van der Waals surface area contributed by atoms with Gasteiger partial charge in [0.25, 0.3) is 0 Å². The first-order valence-electron chi connectivity index (χ1n) is 6.30. The van der Waals surface area contributed by atoms with Crippen LogP contribution in [0.15, 0.2) is 18.2 Å². The van der Waals surface area contributed by atoms with Crippen molar-refractivity contribution in [3.63, 3.8) is 0 Å². The second kappa shape index (κ2) is 7.80. The van der Waals surface area contributed by atoms with E-state index in [2.05, 4.69) is 5.32 Å². The van der Waals surface area contributed by atoms with E-state index in [1.165, 1.54) is 25.1 Å². The van der Waals surface area contributed by atoms with Gasteiger partial charge in [0.15, 0.2) is 9.84 Å². The summed E-state index contributed by atoms with van der Waals surface area (Å²) in [5.41, 5.74) is 0.517. The highest BCUT2D eigenvalue weighted by atomic mass is 35.5. The van der Waals surface area contributed by atoms with Crippen molar-refractivity contribution < 1.29 is 23.1 Å². The van der Waals surface area contributed by atoms with Crippen LogP contribution in [0, 0.1) is 0 Å². The lowest BCUT2D eigenvalue weighted by atomic mass is 10.1. The van der Waals surface area contributed by atoms with E-state index in [0.29, 0.717) is 15.6 Å². The molecular formula is C13H15Cl2NO5S. The van der Waals surface area contributed by atoms with Gasteiger partial charge >= 0.3 is 5.97 Å². The highest BCUT2D eigenvalue weighted by molar-refractivity contribution is 7.92. The van der Waals surface area contributed by atoms with E-state index in [1.807, 2.05) is 0 Å². The minimum Gasteiger partial charge on any atom is -0.480 e. The van der Waals surface area contributed by atoms with Crippen LogP contribution in [0.1, 0.15) is 12.5 Å². The molecule has 0 spiro atoms. The van der Waals surface area contributed by atoms with Gasteiger partial charge in [-0.2, -0.15) is 0 Å². The van der Waals surface area contributed by atoms with E-state index in [0.717, 1.165) is 0 Å². The van der Waals surface area contributed by atoms with Crippen molar-refractivity contribution in [2.75, 3.05) is 11.5 Å². The molecule has 1 atom stereocenters. The molecule has 0 heterocycles. The Morgan fingerprint density at radius 3 is 2.23 bits per heavy atom. The number of hydrogen-bond donors (Lipinski definition) is 2. The molecular weight excluding hydrogens is 353 g/mol. The quantitative estimate of drug-likeness (QED) is 0.760. The minimum atomic E-state index is -3.52. The maximum absolute atomic E-state index is 11.7. The molecule has 0 aliphatic carbocycles. The summed E-state index contributed by atoms with van der Waals surface area (Å²) in [4.78, 5) is 22.9. The van der Waals surface area contributed by atoms with Gasteiger partial charge in [0, 0.05) is 22.2 Å². The van der Waals surface area contributed by atoms with Gasteiger partial charge in [-0.25, -0.2) is 13.2 Å². The smallest absolute Gasteiger partial charge is 0.326 e. The molecule has 2 N–H and O–H groups in total. The normalized spacial score (nSPS) is 12.7. The van der Waals surface area contributed by atoms with Crippen molar-refractivity contribution in [3.8, 4) is 0 Å². The van der Waals surface area contributed by atoms with Crippen LogP contribution >= 0.6 is 23.2 Å². The zero-order valence-electron chi connectivity index (χ0n) is 11.7. The molecule has 0 saturated carbocycles. The number of nitrogens with one attached hydrogen (secondary N) is 1. The lowest BCUT2D eigenvalue weighted by molar-refractivity contribution is -0.141. The Balaban J connectivity index is 2.82. The van der Waals surface area contributed by atoms with E-state index in [1.54, 1.807) is 0 Å². The summed E-state index contributed by atoms with van der Waals surface area (Å²) in [5.74, 6) is -3.08. The first-order chi connectivity index (χ1) is 10.1. The summed E-state index contributed by atoms with van der Waals surface area (Å²) >= 11 is 11.7. The summed E-state index contributed by atoms with van der Waals surface area (Å²) in [7, 11) is -3.52. The number of carboxylic acid groups (broad SMARTS) is 1. The number of carbonyl (C=O) groups is 2. The van der Waals surface area contributed by atoms with Gasteiger partial charge in [0.1, 0.15) is 11.8 Å². The number of carbonyl (C=O) groups excluding carboxylic acids is 1. The van der Waals surface area contributed by atoms with Gasteiger partial charge in [0.05, 0.1) is 0 Å². The number of carboxylic acids is 1. The van der Waals surface area contributed by atoms with Gasteiger partial charge in [-0.05, 0) is 23.8 Å². The number of benzene rings is 1. The maximum Gasteiger partial charge on any atom is 0.326 e. The summed E-state index contributed by atoms with van der Waals surface area (Å²) in [6.07, 6.45) is -0.0620. The van der Waals surface area contributed by atoms with Crippen LogP contribution in [0.4, 0.5) is 0 Å². The number of sulfone groups is 1. The molecule has 9 heteroatoms. The Kier molecular flexibility index (Phi) is 6.65. The lowest BCUT2D eigenvalue weighted by Crippen LogP contribution is -2.44. The zero-order chi connectivity index (χ0) is 16.9. The number of hydrogen-bond acceptors (Lipinski definition) is 4. The second-order valence-electron chi connectivity index (χ2n) is 4.62. The fourth-order valence-electron chi connectivity index (χ4n) is 1.70. The molecule has 1 aromatic rings. The molecule has 1 rings (SSSR count). The van der Waals surface area contributed by atoms with E-state index >= 15 is 0 Å². The number of amides is 1. The third-order valence-corrected chi connectivity index (χ3v) is 4.80. The van der Waals surface area contributed by atoms with Crippen molar-refractivity contribution in [3.05, 3.63) is 33.8 Å². The minimum absolute atomic E-state index is 0.0620. The predicted octanol–water partition coefficient (Wildman–Crippen LogP) is 1.54. The van der Waals surface area contributed by atoms with E-state index in [-0.39, 0.29) is 12.2 Å². The Morgan fingerprint density at radius 1 is 1.23 bits per heavy atom. The number of aliphatic carboxylic acids is 1. The summed E-state index contributed by atoms with van der Waals surface area (Å²) < 4.78 is 22.7. The molecule has 0 fully saturated rings. The van der Waals surface area contributed by atoms with Gasteiger partial charge < -0.3 is 10.4 Å². The fraction of sp³-hybridized carbons (Fsp3) is 0.385. The van der Waals surface area contributed by atoms with Gasteiger partial charge in [-0.1, -0.05) is 30.1 Å². The molecule has 0 aliphatic rings. The number of rotatable bonds is 7. The van der Waals surface area contributed by atoms with E-state index in [9.17, 15) is 18.0 Å². The summed E-state index contributed by atoms with van der Waals surface area (Å²) in [6, 6.07) is 3.28. The molecule has 122 valence electrons. The van der Waals surface area contributed by atoms with Crippen LogP contribution in [0.2, 0.25) is 10.0 Å². The molecule has 0 radical (unpaired) electrons. The second-order valence-corrected chi connectivity index (χ2v) is 7.84. The lowest BCUT2D eigenvalue weighted by Gasteiger charge is -2.15. The Hall–Kier alpha value is -1.31. The largest absolute Gasteiger partial charge is 0.480 e. The zero-order valence-corrected chi connectivity index (χ0v) is 14.0. The summed E-state index contributed by atoms with van der Waals surface area (Å²) in [6.45, 7) is 1.41. The maximum atomic E-state index is 11.7. The average Bonchev–Trinajstić information content (AvgIpc) is 2.36. The number of halogens is 2. The van der Waals surface area contributed by atoms with Crippen molar-refractivity contribution in [1.29, 1.82) is 0 Å². The molecule has 1 aromatic carbocycles. The first-order valence-corrected chi connectivity index (χ1v) is 8.88. The topological polar surface area (TPSA) is 101 Å². The molecule has 0 aromatic heterocycles. The molecule has 1 unspecified atom stereocenters. The SMILES string of the molecule is CCS(=O)(=O)CC(=O)NC(Cc1cc(Cl)cc(Cl)c1)C(=O)O. The van der Waals surface area contributed by atoms with Crippen LogP contribution in [0.25, 0.3) is 0 Å². The van der Waals surface area contributed by atoms with Crippen molar-refractivity contribution in [1.82, 2.24) is 5.32 Å². The Labute approximate surface area is 138 Å². The molecule has 0 saturated heterocycles. The highest BCUT2D eigenvalue weighted by Gasteiger charge is 2.23. The van der Waals surface area contributed by atoms with Gasteiger partial charge in [0.2, 0.25) is 5.91 Å². The Morgan fingerprint density at radius 2 is 1.77 bits per heavy atom. The molecule has 22 heavy (non-hydrogen) atoms. The third-order valence-electron chi connectivity index (χ3n) is 2.79. The van der Waals surface area contributed by atoms with Crippen LogP contribution in [-0.2, 0) is 25.8 Å². The van der Waals surface area contributed by atoms with Crippen LogP contribution in [-0.4, -0.2) is 42.9 Å². The van der Waals surface area contributed by atoms with Crippen LogP contribution < -0.4 is 5.32 Å². The van der Waals surface area contributed by atoms with E-state index < -0.39 is 33.5 Å². The molecule has 1 amide bonds. The molecule has 6 nitrogen and oxygen atoms in total. The average molecular weight is 368 g/mol. The van der Waals surface area contributed by atoms with Crippen LogP contribution in [0.3, 0.4) is 0 Å². The van der Waals surface area contributed by atoms with Gasteiger partial charge in [-0.15, -0.1) is 0 Å². The highest BCUT2D eigenvalue weighted by Crippen LogP contribution is 2.20. The fourth-order valence-corrected chi connectivity index (χ4v) is 2.96. The van der Waals surface area contributed by atoms with Crippen molar-refractivity contribution in [2.45, 2.75) is 19.4 Å². The molecule has 0 bridgehead atoms. The predicted molar refractivity (Wildman–Crippen MR) is 84.1 cm³/mol. The molecule has 0 aliphatic heterocycles. The van der Waals surface area contributed by atoms with Crippen molar-refractivity contribution in [2.24, 2.45) is 0 Å². The summed E-state index contributed by atoms with van der Waals surface area (Å²) in [5, 5.41) is 12.0. The first kappa shape index (κ1) is 18.7.